The fraction of sp³-hybridized carbons (Fsp3) is 0.354. The average Bonchev–Trinajstić information content (AvgIpc) is 3.82. The molecule has 0 bridgehead atoms. The largest absolute Gasteiger partial charge is 0.491 e. The highest BCUT2D eigenvalue weighted by molar-refractivity contribution is 5.94. The minimum atomic E-state index is -4.47. The number of aromatic nitrogens is 3. The number of halogens is 4. The first-order valence-electron chi connectivity index (χ1n) is 21.5. The summed E-state index contributed by atoms with van der Waals surface area (Å²) in [6, 6.07) is 22.3. The fourth-order valence-corrected chi connectivity index (χ4v) is 7.61. The van der Waals surface area contributed by atoms with Crippen molar-refractivity contribution in [1.82, 2.24) is 24.9 Å². The molecule has 14 nitrogen and oxygen atoms in total. The summed E-state index contributed by atoms with van der Waals surface area (Å²) >= 11 is 0. The molecule has 1 fully saturated rings. The summed E-state index contributed by atoms with van der Waals surface area (Å²) in [4.78, 5) is 29.6. The zero-order chi connectivity index (χ0) is 46.6. The number of aryl methyl sites for hydroxylation is 2. The van der Waals surface area contributed by atoms with Crippen LogP contribution < -0.4 is 36.3 Å². The molecule has 66 heavy (non-hydrogen) atoms. The smallest absolute Gasteiger partial charge is 0.406 e. The zero-order valence-corrected chi connectivity index (χ0v) is 36.8. The van der Waals surface area contributed by atoms with Gasteiger partial charge in [0.15, 0.2) is 6.61 Å². The van der Waals surface area contributed by atoms with Gasteiger partial charge in [0.05, 0.1) is 42.7 Å². The van der Waals surface area contributed by atoms with Gasteiger partial charge in [-0.25, -0.2) is 4.39 Å². The summed E-state index contributed by atoms with van der Waals surface area (Å²) in [6.07, 6.45) is -3.37. The molecule has 5 N–H and O–H groups in total. The van der Waals surface area contributed by atoms with Gasteiger partial charge in [0.2, 0.25) is 0 Å². The van der Waals surface area contributed by atoms with Gasteiger partial charge in [-0.15, -0.1) is 0 Å². The van der Waals surface area contributed by atoms with Crippen LogP contribution in [0.4, 0.5) is 34.6 Å². The Labute approximate surface area is 379 Å². The second-order valence-electron chi connectivity index (χ2n) is 15.9. The number of hydrogen-bond acceptors (Lipinski definition) is 11. The number of anilines is 3. The Morgan fingerprint density at radius 3 is 2.56 bits per heavy atom. The summed E-state index contributed by atoms with van der Waals surface area (Å²) in [7, 11) is 1.86. The maximum Gasteiger partial charge on any atom is 0.406 e. The molecule has 3 aromatic carbocycles. The van der Waals surface area contributed by atoms with Crippen molar-refractivity contribution in [2.24, 2.45) is 0 Å². The number of piperidine rings is 1. The maximum atomic E-state index is 14.8. The van der Waals surface area contributed by atoms with Crippen molar-refractivity contribution in [3.05, 3.63) is 118 Å². The van der Waals surface area contributed by atoms with Crippen LogP contribution in [-0.2, 0) is 22.6 Å². The number of benzene rings is 3. The Hall–Kier alpha value is -6.97. The van der Waals surface area contributed by atoms with Gasteiger partial charge >= 0.3 is 6.18 Å². The van der Waals surface area contributed by atoms with Crippen molar-refractivity contribution in [2.75, 3.05) is 75.6 Å². The number of hydrogen-bond donors (Lipinski definition) is 5. The van der Waals surface area contributed by atoms with Crippen LogP contribution in [0.1, 0.15) is 29.1 Å². The molecule has 0 spiro atoms. The number of rotatable bonds is 19. The number of nitrogens with zero attached hydrogens (tertiary/aromatic N) is 3. The molecule has 0 aliphatic carbocycles. The number of pyridine rings is 1. The van der Waals surface area contributed by atoms with Crippen LogP contribution in [0.2, 0.25) is 0 Å². The molecule has 1 amide bonds. The normalized spacial score (nSPS) is 15.2. The van der Waals surface area contributed by atoms with E-state index in [1.165, 1.54) is 0 Å². The van der Waals surface area contributed by atoms with E-state index in [1.807, 2.05) is 31.9 Å². The van der Waals surface area contributed by atoms with Gasteiger partial charge in [-0.2, -0.15) is 13.2 Å². The Balaban J connectivity index is 0.790. The quantitative estimate of drug-likeness (QED) is 0.0316. The van der Waals surface area contributed by atoms with E-state index in [0.717, 1.165) is 39.2 Å². The number of ether oxygens (including phenoxy) is 3. The fourth-order valence-electron chi connectivity index (χ4n) is 7.61. The van der Waals surface area contributed by atoms with Crippen LogP contribution in [0, 0.1) is 25.7 Å². The van der Waals surface area contributed by atoms with Crippen LogP contribution in [-0.4, -0.2) is 104 Å². The van der Waals surface area contributed by atoms with Gasteiger partial charge < -0.3 is 54.5 Å². The van der Waals surface area contributed by atoms with E-state index in [9.17, 15) is 27.2 Å². The van der Waals surface area contributed by atoms with Crippen molar-refractivity contribution < 1.29 is 41.1 Å². The number of alkyl halides is 4. The third-order valence-corrected chi connectivity index (χ3v) is 10.9. The van der Waals surface area contributed by atoms with Crippen molar-refractivity contribution in [3.8, 4) is 34.5 Å². The molecule has 0 saturated carbocycles. The molecule has 4 heterocycles. The molecule has 1 saturated heterocycles. The number of H-pyrrole nitrogens is 1. The van der Waals surface area contributed by atoms with Gasteiger partial charge in [-0.1, -0.05) is 29.3 Å². The highest BCUT2D eigenvalue weighted by Gasteiger charge is 2.31. The molecular weight excluding hydrogens is 861 g/mol. The van der Waals surface area contributed by atoms with Crippen molar-refractivity contribution in [3.63, 3.8) is 0 Å². The van der Waals surface area contributed by atoms with Crippen LogP contribution in [0.25, 0.3) is 22.0 Å². The zero-order valence-electron chi connectivity index (χ0n) is 36.8. The van der Waals surface area contributed by atoms with Gasteiger partial charge in [-0.3, -0.25) is 9.59 Å². The average molecular weight is 913 g/mol. The Morgan fingerprint density at radius 2 is 1.79 bits per heavy atom. The Bertz CT molecular complexity index is 2690. The third-order valence-electron chi connectivity index (χ3n) is 10.9. The van der Waals surface area contributed by atoms with E-state index in [0.29, 0.717) is 52.5 Å². The summed E-state index contributed by atoms with van der Waals surface area (Å²) in [6.45, 7) is 4.89. The molecule has 7 rings (SSSR count). The van der Waals surface area contributed by atoms with E-state index in [2.05, 4.69) is 43.2 Å². The van der Waals surface area contributed by atoms with Crippen LogP contribution in [0.5, 0.6) is 11.5 Å². The summed E-state index contributed by atoms with van der Waals surface area (Å²) in [5.41, 5.74) is 5.19. The SMILES string of the molecule is Cc1noc(C)c1-c1c[nH]c(=O)c(NCc2cccc(OCC(=O)NCCOCCOc3ccc(NCC#Cc4cc5c(N[C@@H]6CCN(C)C[C@@H]6F)cccc5n4CC(F)(F)F)cc3)c2)c1. The Morgan fingerprint density at radius 1 is 0.970 bits per heavy atom. The number of carbonyl (C=O) groups is 1. The topological polar surface area (TPSA) is 160 Å². The van der Waals surface area contributed by atoms with Crippen LogP contribution >= 0.6 is 0 Å². The molecule has 6 aromatic rings. The number of fused-ring (bicyclic) bond motifs is 1. The number of aromatic amines is 1. The molecule has 0 unspecified atom stereocenters. The predicted molar refractivity (Wildman–Crippen MR) is 245 cm³/mol. The molecule has 2 atom stereocenters. The lowest BCUT2D eigenvalue weighted by Crippen LogP contribution is -2.46. The monoisotopic (exact) mass is 912 g/mol. The van der Waals surface area contributed by atoms with E-state index < -0.39 is 24.9 Å². The van der Waals surface area contributed by atoms with Gasteiger partial charge in [0, 0.05) is 60.3 Å². The van der Waals surface area contributed by atoms with Crippen molar-refractivity contribution in [2.45, 2.75) is 51.7 Å². The lowest BCUT2D eigenvalue weighted by molar-refractivity contribution is -0.140. The van der Waals surface area contributed by atoms with Crippen molar-refractivity contribution in [1.29, 1.82) is 0 Å². The highest BCUT2D eigenvalue weighted by Crippen LogP contribution is 2.32. The molecular formula is C48H52F4N8O6. The number of amides is 1. The number of carbonyl (C=O) groups excluding carboxylic acids is 1. The lowest BCUT2D eigenvalue weighted by atomic mass is 10.0. The summed E-state index contributed by atoms with van der Waals surface area (Å²) in [5.74, 6) is 7.29. The number of likely N-dealkylation sites (tertiary alicyclic amines) is 1. The lowest BCUT2D eigenvalue weighted by Gasteiger charge is -2.33. The van der Waals surface area contributed by atoms with E-state index in [-0.39, 0.29) is 63.2 Å². The van der Waals surface area contributed by atoms with Gasteiger partial charge in [0.1, 0.15) is 42.3 Å². The second kappa shape index (κ2) is 21.8. The van der Waals surface area contributed by atoms with E-state index in [1.54, 1.807) is 79.0 Å². The molecule has 18 heteroatoms. The van der Waals surface area contributed by atoms with Gasteiger partial charge in [-0.05, 0) is 99.5 Å². The van der Waals surface area contributed by atoms with E-state index >= 15 is 0 Å². The molecule has 348 valence electrons. The second-order valence-corrected chi connectivity index (χ2v) is 15.9. The minimum Gasteiger partial charge on any atom is -0.491 e. The highest BCUT2D eigenvalue weighted by atomic mass is 19.4. The Kier molecular flexibility index (Phi) is 15.5. The molecule has 0 radical (unpaired) electrons. The minimum absolute atomic E-state index is 0.173. The first kappa shape index (κ1) is 47.0. The van der Waals surface area contributed by atoms with Crippen LogP contribution in [0.3, 0.4) is 0 Å². The molecule has 1 aliphatic rings. The van der Waals surface area contributed by atoms with E-state index in [4.69, 9.17) is 18.7 Å². The third kappa shape index (κ3) is 12.9. The van der Waals surface area contributed by atoms with Crippen molar-refractivity contribution >= 4 is 33.9 Å². The number of nitrogens with one attached hydrogen (secondary N) is 5. The summed E-state index contributed by atoms with van der Waals surface area (Å²) in [5, 5.41) is 16.9. The first-order chi connectivity index (χ1) is 31.8. The predicted octanol–water partition coefficient (Wildman–Crippen LogP) is 7.28. The molecule has 1 aliphatic heterocycles. The van der Waals surface area contributed by atoms with Gasteiger partial charge in [0.25, 0.3) is 11.5 Å². The standard InChI is InChI=1S/C48H52F4N8O6/c1-31-46(32(2)66-58-31)34-24-43(47(62)56-27-34)55-26-33-7-4-9-38(23-33)65-29-45(61)54-18-20-63-21-22-64-37-14-12-35(13-15-37)53-17-6-8-36-25-39-41(57-42-16-19-59(3)28-40(42)49)10-5-11-44(39)60(36)30-48(50,51)52/h4-5,7,9-15,23-25,27,40,42,53,55,57H,16-22,26,28-30H2,1-3H3,(H,54,61)(H,56,62)/t40-,42+/m0/s1. The van der Waals surface area contributed by atoms with Crippen LogP contribution in [0.15, 0.2) is 94.4 Å². The summed E-state index contributed by atoms with van der Waals surface area (Å²) < 4.78 is 79.3. The maximum absolute atomic E-state index is 14.8. The molecule has 3 aromatic heterocycles. The first-order valence-corrected chi connectivity index (χ1v) is 21.5.